The summed E-state index contributed by atoms with van der Waals surface area (Å²) >= 11 is 1.07. The summed E-state index contributed by atoms with van der Waals surface area (Å²) in [6.45, 7) is 1.64. The van der Waals surface area contributed by atoms with Gasteiger partial charge < -0.3 is 13.9 Å². The third kappa shape index (κ3) is 4.85. The lowest BCUT2D eigenvalue weighted by atomic mass is 10.2. The Kier molecular flexibility index (Phi) is 6.08. The predicted octanol–water partition coefficient (Wildman–Crippen LogP) is 4.28. The molecule has 3 aromatic rings. The van der Waals surface area contributed by atoms with Crippen LogP contribution in [0.3, 0.4) is 0 Å². The average Bonchev–Trinajstić information content (AvgIpc) is 3.18. The molecule has 0 radical (unpaired) electrons. The van der Waals surface area contributed by atoms with Crippen LogP contribution in [0, 0.1) is 5.82 Å². The van der Waals surface area contributed by atoms with Gasteiger partial charge in [0.15, 0.2) is 6.10 Å². The highest BCUT2D eigenvalue weighted by atomic mass is 32.2. The van der Waals surface area contributed by atoms with Crippen LogP contribution in [0.15, 0.2) is 57.8 Å². The standard InChI is InChI=1S/C19H17FN2O4S/c1-12(25-17(23)11-27-16-6-4-3-5-15(16)20)18-21-22-19(26-18)13-7-9-14(24-2)10-8-13/h3-10,12H,11H2,1-2H3/t12-/m0/s1. The van der Waals surface area contributed by atoms with Gasteiger partial charge in [-0.05, 0) is 43.3 Å². The van der Waals surface area contributed by atoms with Crippen molar-refractivity contribution in [3.63, 3.8) is 0 Å². The van der Waals surface area contributed by atoms with Gasteiger partial charge in [0.05, 0.1) is 12.9 Å². The smallest absolute Gasteiger partial charge is 0.317 e. The second kappa shape index (κ2) is 8.68. The largest absolute Gasteiger partial charge is 0.497 e. The Hall–Kier alpha value is -2.87. The molecule has 140 valence electrons. The highest BCUT2D eigenvalue weighted by Gasteiger charge is 2.19. The number of halogens is 1. The number of aromatic nitrogens is 2. The van der Waals surface area contributed by atoms with Crippen LogP contribution in [-0.4, -0.2) is 29.0 Å². The number of nitrogens with zero attached hydrogens (tertiary/aromatic N) is 2. The van der Waals surface area contributed by atoms with Crippen LogP contribution in [0.4, 0.5) is 4.39 Å². The first-order valence-electron chi connectivity index (χ1n) is 8.11. The molecule has 1 heterocycles. The Morgan fingerprint density at radius 2 is 1.93 bits per heavy atom. The Morgan fingerprint density at radius 3 is 2.63 bits per heavy atom. The molecular formula is C19H17FN2O4S. The number of benzene rings is 2. The minimum Gasteiger partial charge on any atom is -0.497 e. The second-order valence-electron chi connectivity index (χ2n) is 5.53. The topological polar surface area (TPSA) is 74.5 Å². The van der Waals surface area contributed by atoms with Crippen molar-refractivity contribution < 1.29 is 23.1 Å². The molecule has 2 aromatic carbocycles. The SMILES string of the molecule is COc1ccc(-c2nnc([C@H](C)OC(=O)CSc3ccccc3F)o2)cc1. The molecule has 0 N–H and O–H groups in total. The average molecular weight is 388 g/mol. The number of rotatable bonds is 7. The van der Waals surface area contributed by atoms with E-state index in [0.717, 1.165) is 17.3 Å². The molecule has 0 unspecified atom stereocenters. The summed E-state index contributed by atoms with van der Waals surface area (Å²) < 4.78 is 29.5. The fourth-order valence-electron chi connectivity index (χ4n) is 2.23. The maximum absolute atomic E-state index is 13.6. The molecule has 6 nitrogen and oxygen atoms in total. The first-order valence-corrected chi connectivity index (χ1v) is 9.10. The van der Waals surface area contributed by atoms with Gasteiger partial charge in [-0.15, -0.1) is 22.0 Å². The fraction of sp³-hybridized carbons (Fsp3) is 0.211. The second-order valence-corrected chi connectivity index (χ2v) is 6.54. The number of hydrogen-bond acceptors (Lipinski definition) is 7. The third-order valence-electron chi connectivity index (χ3n) is 3.62. The molecule has 0 aliphatic carbocycles. The third-order valence-corrected chi connectivity index (χ3v) is 4.64. The summed E-state index contributed by atoms with van der Waals surface area (Å²) in [5.41, 5.74) is 0.725. The molecule has 0 fully saturated rings. The highest BCUT2D eigenvalue weighted by Crippen LogP contribution is 2.25. The van der Waals surface area contributed by atoms with Crippen molar-refractivity contribution in [3.05, 3.63) is 60.2 Å². The van der Waals surface area contributed by atoms with Crippen molar-refractivity contribution in [2.75, 3.05) is 12.9 Å². The molecule has 8 heteroatoms. The quantitative estimate of drug-likeness (QED) is 0.442. The van der Waals surface area contributed by atoms with Crippen LogP contribution in [0.25, 0.3) is 11.5 Å². The Morgan fingerprint density at radius 1 is 1.19 bits per heavy atom. The van der Waals surface area contributed by atoms with E-state index in [9.17, 15) is 9.18 Å². The zero-order chi connectivity index (χ0) is 19.2. The van der Waals surface area contributed by atoms with Crippen LogP contribution in [0.5, 0.6) is 5.75 Å². The lowest BCUT2D eigenvalue weighted by Crippen LogP contribution is -2.11. The minimum absolute atomic E-state index is 0.0231. The van der Waals surface area contributed by atoms with Gasteiger partial charge in [0, 0.05) is 10.5 Å². The van der Waals surface area contributed by atoms with Crippen LogP contribution < -0.4 is 4.74 Å². The van der Waals surface area contributed by atoms with Crippen LogP contribution >= 0.6 is 11.8 Å². The molecule has 0 saturated heterocycles. The van der Waals surface area contributed by atoms with Crippen molar-refractivity contribution in [2.45, 2.75) is 17.9 Å². The van der Waals surface area contributed by atoms with Crippen LogP contribution in [-0.2, 0) is 9.53 Å². The summed E-state index contributed by atoms with van der Waals surface area (Å²) in [6.07, 6.45) is -0.710. The van der Waals surface area contributed by atoms with Crippen molar-refractivity contribution in [1.29, 1.82) is 0 Å². The number of hydrogen-bond donors (Lipinski definition) is 0. The van der Waals surface area contributed by atoms with Crippen LogP contribution in [0.1, 0.15) is 18.9 Å². The normalized spacial score (nSPS) is 11.8. The molecule has 27 heavy (non-hydrogen) atoms. The van der Waals surface area contributed by atoms with E-state index in [2.05, 4.69) is 10.2 Å². The summed E-state index contributed by atoms with van der Waals surface area (Å²) in [7, 11) is 1.58. The number of carbonyl (C=O) groups is 1. The summed E-state index contributed by atoms with van der Waals surface area (Å²) in [4.78, 5) is 12.4. The summed E-state index contributed by atoms with van der Waals surface area (Å²) in [6, 6.07) is 13.4. The summed E-state index contributed by atoms with van der Waals surface area (Å²) in [5.74, 6) is 0.323. The van der Waals surface area contributed by atoms with Gasteiger partial charge in [-0.1, -0.05) is 12.1 Å². The molecule has 3 rings (SSSR count). The molecule has 0 spiro atoms. The van der Waals surface area contributed by atoms with Gasteiger partial charge in [0.2, 0.25) is 5.89 Å². The van der Waals surface area contributed by atoms with Crippen LogP contribution in [0.2, 0.25) is 0 Å². The molecular weight excluding hydrogens is 371 g/mol. The number of carbonyl (C=O) groups excluding carboxylic acids is 1. The monoisotopic (exact) mass is 388 g/mol. The maximum atomic E-state index is 13.6. The molecule has 1 atom stereocenters. The number of ether oxygens (including phenoxy) is 2. The molecule has 1 aromatic heterocycles. The van der Waals surface area contributed by atoms with E-state index in [-0.39, 0.29) is 17.5 Å². The van der Waals surface area contributed by atoms with Crippen molar-refractivity contribution in [1.82, 2.24) is 10.2 Å². The molecule has 0 amide bonds. The first kappa shape index (κ1) is 18.9. The van der Waals surface area contributed by atoms with Gasteiger partial charge in [0.25, 0.3) is 5.89 Å². The molecule has 0 aliphatic heterocycles. The molecule has 0 aliphatic rings. The maximum Gasteiger partial charge on any atom is 0.317 e. The van der Waals surface area contributed by atoms with Gasteiger partial charge >= 0.3 is 5.97 Å². The van der Waals surface area contributed by atoms with Crippen molar-refractivity contribution in [2.24, 2.45) is 0 Å². The van der Waals surface area contributed by atoms with Gasteiger partial charge in [0.1, 0.15) is 11.6 Å². The van der Waals surface area contributed by atoms with E-state index in [1.54, 1.807) is 56.5 Å². The number of methoxy groups -OCH3 is 1. The van der Waals surface area contributed by atoms with Gasteiger partial charge in [-0.25, -0.2) is 4.39 Å². The molecule has 0 bridgehead atoms. The molecule has 0 saturated carbocycles. The van der Waals surface area contributed by atoms with E-state index in [1.165, 1.54) is 6.07 Å². The number of esters is 1. The zero-order valence-electron chi connectivity index (χ0n) is 14.7. The van der Waals surface area contributed by atoms with E-state index < -0.39 is 12.1 Å². The van der Waals surface area contributed by atoms with Gasteiger partial charge in [-0.2, -0.15) is 0 Å². The number of thioether (sulfide) groups is 1. The fourth-order valence-corrected chi connectivity index (χ4v) is 2.95. The van der Waals surface area contributed by atoms with E-state index in [1.807, 2.05) is 0 Å². The highest BCUT2D eigenvalue weighted by molar-refractivity contribution is 8.00. The van der Waals surface area contributed by atoms with Crippen molar-refractivity contribution in [3.8, 4) is 17.2 Å². The predicted molar refractivity (Wildman–Crippen MR) is 97.9 cm³/mol. The lowest BCUT2D eigenvalue weighted by Gasteiger charge is -2.09. The zero-order valence-corrected chi connectivity index (χ0v) is 15.5. The Labute approximate surface area is 159 Å². The first-order chi connectivity index (χ1) is 13.1. The van der Waals surface area contributed by atoms with E-state index in [0.29, 0.717) is 16.5 Å². The minimum atomic E-state index is -0.710. The Balaban J connectivity index is 1.57. The van der Waals surface area contributed by atoms with E-state index in [4.69, 9.17) is 13.9 Å². The van der Waals surface area contributed by atoms with Crippen molar-refractivity contribution >= 4 is 17.7 Å². The van der Waals surface area contributed by atoms with E-state index >= 15 is 0 Å². The summed E-state index contributed by atoms with van der Waals surface area (Å²) in [5, 5.41) is 7.90. The Bertz CT molecular complexity index is 914. The van der Waals surface area contributed by atoms with Gasteiger partial charge in [-0.3, -0.25) is 4.79 Å². The lowest BCUT2D eigenvalue weighted by molar-refractivity contribution is -0.146.